The van der Waals surface area contributed by atoms with Crippen molar-refractivity contribution in [3.63, 3.8) is 0 Å². The number of unbranched alkanes of at least 4 members (excludes halogenated alkanes) is 9. The molecule has 0 aliphatic rings. The van der Waals surface area contributed by atoms with Crippen molar-refractivity contribution >= 4 is 0 Å². The summed E-state index contributed by atoms with van der Waals surface area (Å²) in [5.41, 5.74) is 0.701. The van der Waals surface area contributed by atoms with Crippen molar-refractivity contribution in [3.8, 4) is 0 Å². The Hall–Kier alpha value is -0.850. The van der Waals surface area contributed by atoms with E-state index < -0.39 is 0 Å². The van der Waals surface area contributed by atoms with Gasteiger partial charge in [-0.05, 0) is 18.6 Å². The van der Waals surface area contributed by atoms with E-state index in [9.17, 15) is 4.39 Å². The number of hydrogen-bond acceptors (Lipinski definition) is 0. The molecule has 0 heterocycles. The molecular weight excluding hydrogens is 247 g/mol. The molecular formula is C19H33F. The predicted molar refractivity (Wildman–Crippen MR) is 88.7 cm³/mol. The average Bonchev–Trinajstić information content (AvgIpc) is 2.46. The second-order valence-electron chi connectivity index (χ2n) is 5.58. The number of hydrogen-bond donors (Lipinski definition) is 0. The summed E-state index contributed by atoms with van der Waals surface area (Å²) in [6, 6.07) is 6.70. The largest absolute Gasteiger partial charge is 0.207 e. The highest BCUT2D eigenvalue weighted by atomic mass is 19.1. The lowest BCUT2D eigenvalue weighted by Crippen LogP contribution is -1.80. The van der Waals surface area contributed by atoms with E-state index >= 15 is 0 Å². The Morgan fingerprint density at radius 1 is 0.700 bits per heavy atom. The molecule has 1 heteroatoms. The fourth-order valence-electron chi connectivity index (χ4n) is 2.11. The summed E-state index contributed by atoms with van der Waals surface area (Å²) >= 11 is 0. The molecule has 0 radical (unpaired) electrons. The standard InChI is InChI=1S/C12H26.C7H7F/c1-3-5-7-9-11-12-10-8-6-4-2;1-6-4-2-3-5-7(6)8/h3-12H2,1-2H3;2-5H,1H3. The van der Waals surface area contributed by atoms with E-state index in [1.165, 1.54) is 70.3 Å². The van der Waals surface area contributed by atoms with Crippen LogP contribution in [-0.4, -0.2) is 0 Å². The maximum Gasteiger partial charge on any atom is 0.126 e. The molecule has 0 nitrogen and oxygen atoms in total. The Morgan fingerprint density at radius 2 is 1.10 bits per heavy atom. The molecule has 116 valence electrons. The van der Waals surface area contributed by atoms with Crippen LogP contribution < -0.4 is 0 Å². The van der Waals surface area contributed by atoms with E-state index in [1.807, 2.05) is 6.07 Å². The lowest BCUT2D eigenvalue weighted by Gasteiger charge is -1.99. The van der Waals surface area contributed by atoms with Crippen molar-refractivity contribution in [3.05, 3.63) is 35.6 Å². The van der Waals surface area contributed by atoms with Gasteiger partial charge < -0.3 is 0 Å². The highest BCUT2D eigenvalue weighted by Crippen LogP contribution is 2.09. The maximum absolute atomic E-state index is 12.3. The maximum atomic E-state index is 12.3. The zero-order valence-corrected chi connectivity index (χ0v) is 13.8. The van der Waals surface area contributed by atoms with Gasteiger partial charge in [0.05, 0.1) is 0 Å². The molecule has 1 aromatic carbocycles. The van der Waals surface area contributed by atoms with Crippen LogP contribution in [0, 0.1) is 12.7 Å². The summed E-state index contributed by atoms with van der Waals surface area (Å²) in [4.78, 5) is 0. The fourth-order valence-corrected chi connectivity index (χ4v) is 2.11. The van der Waals surface area contributed by atoms with Crippen LogP contribution in [0.4, 0.5) is 4.39 Å². The molecule has 0 amide bonds. The lowest BCUT2D eigenvalue weighted by atomic mass is 10.1. The van der Waals surface area contributed by atoms with Crippen LogP contribution in [0.1, 0.15) is 83.6 Å². The van der Waals surface area contributed by atoms with Crippen molar-refractivity contribution in [2.24, 2.45) is 0 Å². The van der Waals surface area contributed by atoms with Gasteiger partial charge in [-0.25, -0.2) is 4.39 Å². The van der Waals surface area contributed by atoms with Gasteiger partial charge in [0.1, 0.15) is 5.82 Å². The summed E-state index contributed by atoms with van der Waals surface area (Å²) in [7, 11) is 0. The third-order valence-corrected chi connectivity index (χ3v) is 3.53. The van der Waals surface area contributed by atoms with E-state index in [-0.39, 0.29) is 5.82 Å². The van der Waals surface area contributed by atoms with Crippen LogP contribution in [0.15, 0.2) is 24.3 Å². The van der Waals surface area contributed by atoms with E-state index in [4.69, 9.17) is 0 Å². The molecule has 0 bridgehead atoms. The van der Waals surface area contributed by atoms with Crippen LogP contribution in [0.2, 0.25) is 0 Å². The molecule has 0 aliphatic heterocycles. The van der Waals surface area contributed by atoms with Crippen LogP contribution in [0.5, 0.6) is 0 Å². The SMILES string of the molecule is CCCCCCCCCCCC.Cc1ccccc1F. The first kappa shape index (κ1) is 19.1. The Morgan fingerprint density at radius 3 is 1.40 bits per heavy atom. The molecule has 0 saturated heterocycles. The van der Waals surface area contributed by atoms with Crippen molar-refractivity contribution in [2.45, 2.75) is 85.0 Å². The predicted octanol–water partition coefficient (Wildman–Crippen LogP) is 7.06. The molecule has 0 saturated carbocycles. The molecule has 0 N–H and O–H groups in total. The summed E-state index contributed by atoms with van der Waals surface area (Å²) in [5.74, 6) is -0.132. The number of aryl methyl sites for hydroxylation is 1. The highest BCUT2D eigenvalue weighted by Gasteiger charge is 1.90. The highest BCUT2D eigenvalue weighted by molar-refractivity contribution is 5.14. The number of benzene rings is 1. The minimum Gasteiger partial charge on any atom is -0.207 e. The molecule has 0 spiro atoms. The van der Waals surface area contributed by atoms with E-state index in [0.717, 1.165) is 0 Å². The zero-order valence-electron chi connectivity index (χ0n) is 13.8. The Bertz CT molecular complexity index is 275. The van der Waals surface area contributed by atoms with Gasteiger partial charge in [0, 0.05) is 0 Å². The minimum atomic E-state index is -0.132. The summed E-state index contributed by atoms with van der Waals surface area (Å²) in [6.07, 6.45) is 14.4. The first-order valence-corrected chi connectivity index (χ1v) is 8.43. The molecule has 1 rings (SSSR count). The number of rotatable bonds is 9. The molecule has 0 atom stereocenters. The van der Waals surface area contributed by atoms with Gasteiger partial charge in [-0.3, -0.25) is 0 Å². The molecule has 0 aliphatic carbocycles. The second kappa shape index (κ2) is 14.6. The van der Waals surface area contributed by atoms with E-state index in [1.54, 1.807) is 19.1 Å². The van der Waals surface area contributed by atoms with Crippen molar-refractivity contribution < 1.29 is 4.39 Å². The number of halogens is 1. The lowest BCUT2D eigenvalue weighted by molar-refractivity contribution is 0.562. The second-order valence-corrected chi connectivity index (χ2v) is 5.58. The van der Waals surface area contributed by atoms with Gasteiger partial charge in [0.15, 0.2) is 0 Å². The van der Waals surface area contributed by atoms with Crippen LogP contribution in [0.25, 0.3) is 0 Å². The first-order valence-electron chi connectivity index (χ1n) is 8.43. The van der Waals surface area contributed by atoms with Gasteiger partial charge >= 0.3 is 0 Å². The Kier molecular flexibility index (Phi) is 13.9. The molecule has 20 heavy (non-hydrogen) atoms. The third kappa shape index (κ3) is 12.2. The zero-order chi connectivity index (χ0) is 15.1. The van der Waals surface area contributed by atoms with E-state index in [2.05, 4.69) is 13.8 Å². The summed E-state index contributed by atoms with van der Waals surface area (Å²) < 4.78 is 12.3. The fraction of sp³-hybridized carbons (Fsp3) is 0.684. The smallest absolute Gasteiger partial charge is 0.126 e. The minimum absolute atomic E-state index is 0.132. The summed E-state index contributed by atoms with van der Waals surface area (Å²) in [6.45, 7) is 6.30. The molecule has 0 fully saturated rings. The van der Waals surface area contributed by atoms with Crippen molar-refractivity contribution in [2.75, 3.05) is 0 Å². The van der Waals surface area contributed by atoms with Gasteiger partial charge in [0.2, 0.25) is 0 Å². The quantitative estimate of drug-likeness (QED) is 0.425. The van der Waals surface area contributed by atoms with Crippen molar-refractivity contribution in [1.82, 2.24) is 0 Å². The van der Waals surface area contributed by atoms with Gasteiger partial charge in [-0.2, -0.15) is 0 Å². The summed E-state index contributed by atoms with van der Waals surface area (Å²) in [5, 5.41) is 0. The Balaban J connectivity index is 0.000000388. The van der Waals surface area contributed by atoms with Gasteiger partial charge in [0.25, 0.3) is 0 Å². The van der Waals surface area contributed by atoms with Crippen molar-refractivity contribution in [1.29, 1.82) is 0 Å². The average molecular weight is 280 g/mol. The molecule has 0 unspecified atom stereocenters. The molecule has 0 aromatic heterocycles. The third-order valence-electron chi connectivity index (χ3n) is 3.53. The van der Waals surface area contributed by atoms with Gasteiger partial charge in [-0.15, -0.1) is 0 Å². The molecule has 1 aromatic rings. The van der Waals surface area contributed by atoms with E-state index in [0.29, 0.717) is 5.56 Å². The monoisotopic (exact) mass is 280 g/mol. The van der Waals surface area contributed by atoms with Gasteiger partial charge in [-0.1, -0.05) is 96.3 Å². The van der Waals surface area contributed by atoms with Crippen LogP contribution >= 0.6 is 0 Å². The topological polar surface area (TPSA) is 0 Å². The van der Waals surface area contributed by atoms with Crippen LogP contribution in [-0.2, 0) is 0 Å². The first-order chi connectivity index (χ1) is 9.72. The van der Waals surface area contributed by atoms with Crippen LogP contribution in [0.3, 0.4) is 0 Å². The Labute approximate surface area is 125 Å². The normalized spacial score (nSPS) is 10.0.